The van der Waals surface area contributed by atoms with Gasteiger partial charge in [0.25, 0.3) is 0 Å². The van der Waals surface area contributed by atoms with Gasteiger partial charge in [0.05, 0.1) is 15.7 Å². The molecule has 0 N–H and O–H groups in total. The standard InChI is InChI=1S/C51H32N4S/c1-5-15-33(16-6-1)37-25-26-41-43-27-28-44-42-23-13-14-24-46(42)56-48(44)47(43)55(45(41)32-37)40-30-38(34-17-7-2-8-18-34)29-39(31-40)51-53-49(35-19-9-3-10-20-35)52-50(54-51)36-21-11-4-12-22-36/h1-32H. The number of aromatic nitrogens is 4. The normalized spacial score (nSPS) is 11.6. The highest BCUT2D eigenvalue weighted by molar-refractivity contribution is 7.26. The van der Waals surface area contributed by atoms with Crippen molar-refractivity contribution in [3.8, 4) is 62.1 Å². The third kappa shape index (κ3) is 5.48. The number of hydrogen-bond acceptors (Lipinski definition) is 4. The van der Waals surface area contributed by atoms with Gasteiger partial charge in [0.1, 0.15) is 0 Å². The second-order valence-electron chi connectivity index (χ2n) is 14.0. The minimum atomic E-state index is 0.620. The molecule has 0 aliphatic carbocycles. The first-order valence-corrected chi connectivity index (χ1v) is 19.6. The first kappa shape index (κ1) is 32.2. The van der Waals surface area contributed by atoms with E-state index in [0.29, 0.717) is 17.5 Å². The van der Waals surface area contributed by atoms with E-state index in [4.69, 9.17) is 15.0 Å². The Hall–Kier alpha value is -7.21. The van der Waals surface area contributed by atoms with E-state index in [1.807, 2.05) is 47.7 Å². The molecule has 0 aliphatic heterocycles. The molecule has 8 aromatic carbocycles. The second-order valence-corrected chi connectivity index (χ2v) is 15.1. The molecule has 0 saturated carbocycles. The summed E-state index contributed by atoms with van der Waals surface area (Å²) in [5.41, 5.74) is 10.7. The number of nitrogens with zero attached hydrogens (tertiary/aromatic N) is 4. The Morgan fingerprint density at radius 3 is 1.48 bits per heavy atom. The molecule has 5 heteroatoms. The van der Waals surface area contributed by atoms with Crippen molar-refractivity contribution in [1.29, 1.82) is 0 Å². The SMILES string of the molecule is c1ccc(-c2cc(-c3nc(-c4ccccc4)nc(-c4ccccc4)n3)cc(-n3c4cc(-c5ccccc5)ccc4c4ccc5c6ccccc6sc5c43)c2)cc1. The number of benzene rings is 8. The summed E-state index contributed by atoms with van der Waals surface area (Å²) < 4.78 is 5.02. The van der Waals surface area contributed by atoms with Crippen molar-refractivity contribution in [3.05, 3.63) is 194 Å². The van der Waals surface area contributed by atoms with E-state index >= 15 is 0 Å². The Balaban J connectivity index is 1.24. The topological polar surface area (TPSA) is 43.6 Å². The fourth-order valence-corrected chi connectivity index (χ4v) is 9.20. The minimum absolute atomic E-state index is 0.620. The molecule has 0 fully saturated rings. The maximum Gasteiger partial charge on any atom is 0.164 e. The summed E-state index contributed by atoms with van der Waals surface area (Å²) >= 11 is 1.86. The van der Waals surface area contributed by atoms with Crippen LogP contribution in [0, 0.1) is 0 Å². The van der Waals surface area contributed by atoms with Crippen molar-refractivity contribution >= 4 is 53.3 Å². The lowest BCUT2D eigenvalue weighted by Crippen LogP contribution is -2.02. The van der Waals surface area contributed by atoms with Gasteiger partial charge < -0.3 is 4.57 Å². The minimum Gasteiger partial charge on any atom is -0.308 e. The van der Waals surface area contributed by atoms with E-state index in [1.165, 1.54) is 47.6 Å². The van der Waals surface area contributed by atoms with E-state index < -0.39 is 0 Å². The van der Waals surface area contributed by atoms with E-state index in [-0.39, 0.29) is 0 Å². The van der Waals surface area contributed by atoms with Crippen LogP contribution in [-0.2, 0) is 0 Å². The predicted octanol–water partition coefficient (Wildman–Crippen LogP) is 13.7. The molecule has 0 bridgehead atoms. The first-order chi connectivity index (χ1) is 27.7. The molecular formula is C51H32N4S. The molecule has 0 saturated heterocycles. The number of fused-ring (bicyclic) bond motifs is 7. The molecule has 0 atom stereocenters. The van der Waals surface area contributed by atoms with E-state index in [1.54, 1.807) is 0 Å². The van der Waals surface area contributed by atoms with E-state index in [9.17, 15) is 0 Å². The Labute approximate surface area is 327 Å². The molecule has 4 nitrogen and oxygen atoms in total. The monoisotopic (exact) mass is 732 g/mol. The highest BCUT2D eigenvalue weighted by Gasteiger charge is 2.21. The summed E-state index contributed by atoms with van der Waals surface area (Å²) in [5.74, 6) is 1.89. The van der Waals surface area contributed by atoms with Crippen molar-refractivity contribution < 1.29 is 0 Å². The van der Waals surface area contributed by atoms with Gasteiger partial charge >= 0.3 is 0 Å². The molecule has 0 spiro atoms. The molecule has 0 unspecified atom stereocenters. The lowest BCUT2D eigenvalue weighted by atomic mass is 10.0. The summed E-state index contributed by atoms with van der Waals surface area (Å²) in [6, 6.07) is 68.6. The zero-order valence-electron chi connectivity index (χ0n) is 30.2. The van der Waals surface area contributed by atoms with Gasteiger partial charge in [-0.2, -0.15) is 0 Å². The molecule has 0 amide bonds. The van der Waals surface area contributed by atoms with Gasteiger partial charge in [-0.1, -0.05) is 164 Å². The molecule has 11 rings (SSSR count). The fourth-order valence-electron chi connectivity index (χ4n) is 7.96. The van der Waals surface area contributed by atoms with Crippen LogP contribution in [0.5, 0.6) is 0 Å². The Kier molecular flexibility index (Phi) is 7.64. The maximum atomic E-state index is 5.18. The first-order valence-electron chi connectivity index (χ1n) is 18.8. The molecule has 0 radical (unpaired) electrons. The van der Waals surface area contributed by atoms with Crippen molar-refractivity contribution in [1.82, 2.24) is 19.5 Å². The zero-order valence-corrected chi connectivity index (χ0v) is 31.0. The summed E-state index contributed by atoms with van der Waals surface area (Å²) in [4.78, 5) is 15.4. The second kappa shape index (κ2) is 13.3. The molecular weight excluding hydrogens is 701 g/mol. The van der Waals surface area contributed by atoms with Crippen LogP contribution in [0.1, 0.15) is 0 Å². The molecule has 262 valence electrons. The van der Waals surface area contributed by atoms with Crippen LogP contribution in [0.25, 0.3) is 104 Å². The molecule has 11 aromatic rings. The number of thiophene rings is 1. The Bertz CT molecular complexity index is 3170. The van der Waals surface area contributed by atoms with Gasteiger partial charge in [0, 0.05) is 48.6 Å². The lowest BCUT2D eigenvalue weighted by molar-refractivity contribution is 1.07. The summed E-state index contributed by atoms with van der Waals surface area (Å²) in [6.07, 6.45) is 0. The summed E-state index contributed by atoms with van der Waals surface area (Å²) in [6.45, 7) is 0. The highest BCUT2D eigenvalue weighted by Crippen LogP contribution is 2.44. The van der Waals surface area contributed by atoms with Crippen LogP contribution in [0.15, 0.2) is 194 Å². The number of rotatable bonds is 6. The van der Waals surface area contributed by atoms with Crippen molar-refractivity contribution in [2.24, 2.45) is 0 Å². The Morgan fingerprint density at radius 1 is 0.339 bits per heavy atom. The van der Waals surface area contributed by atoms with Crippen molar-refractivity contribution in [2.75, 3.05) is 0 Å². The predicted molar refractivity (Wildman–Crippen MR) is 234 cm³/mol. The van der Waals surface area contributed by atoms with Gasteiger partial charge in [-0.3, -0.25) is 0 Å². The van der Waals surface area contributed by atoms with E-state index in [2.05, 4.69) is 162 Å². The van der Waals surface area contributed by atoms with Gasteiger partial charge in [-0.05, 0) is 52.6 Å². The lowest BCUT2D eigenvalue weighted by Gasteiger charge is -2.15. The van der Waals surface area contributed by atoms with Crippen LogP contribution < -0.4 is 0 Å². The summed E-state index contributed by atoms with van der Waals surface area (Å²) in [7, 11) is 0. The smallest absolute Gasteiger partial charge is 0.164 e. The fraction of sp³-hybridized carbons (Fsp3) is 0. The average molecular weight is 733 g/mol. The third-order valence-electron chi connectivity index (χ3n) is 10.6. The Morgan fingerprint density at radius 2 is 0.839 bits per heavy atom. The van der Waals surface area contributed by atoms with Crippen LogP contribution in [0.2, 0.25) is 0 Å². The van der Waals surface area contributed by atoms with Crippen LogP contribution in [-0.4, -0.2) is 19.5 Å². The number of hydrogen-bond donors (Lipinski definition) is 0. The van der Waals surface area contributed by atoms with Gasteiger partial charge in [0.15, 0.2) is 17.5 Å². The molecule has 56 heavy (non-hydrogen) atoms. The quantitative estimate of drug-likeness (QED) is 0.171. The van der Waals surface area contributed by atoms with Gasteiger partial charge in [-0.25, -0.2) is 15.0 Å². The van der Waals surface area contributed by atoms with Crippen LogP contribution in [0.4, 0.5) is 0 Å². The van der Waals surface area contributed by atoms with Crippen LogP contribution in [0.3, 0.4) is 0 Å². The highest BCUT2D eigenvalue weighted by atomic mass is 32.1. The van der Waals surface area contributed by atoms with Gasteiger partial charge in [0.2, 0.25) is 0 Å². The van der Waals surface area contributed by atoms with Gasteiger partial charge in [-0.15, -0.1) is 11.3 Å². The van der Waals surface area contributed by atoms with Crippen molar-refractivity contribution in [2.45, 2.75) is 0 Å². The molecule has 0 aliphatic rings. The summed E-state index contributed by atoms with van der Waals surface area (Å²) in [5, 5.41) is 4.98. The van der Waals surface area contributed by atoms with Crippen molar-refractivity contribution in [3.63, 3.8) is 0 Å². The average Bonchev–Trinajstić information content (AvgIpc) is 3.83. The third-order valence-corrected chi connectivity index (χ3v) is 11.8. The molecule has 3 heterocycles. The van der Waals surface area contributed by atoms with Crippen LogP contribution >= 0.6 is 11.3 Å². The largest absolute Gasteiger partial charge is 0.308 e. The van der Waals surface area contributed by atoms with E-state index in [0.717, 1.165) is 39.0 Å². The maximum absolute atomic E-state index is 5.18. The zero-order chi connectivity index (χ0) is 37.0. The molecule has 3 aromatic heterocycles.